The second-order valence-corrected chi connectivity index (χ2v) is 8.70. The molecule has 26 heavy (non-hydrogen) atoms. The molecule has 0 amide bonds. The Balaban J connectivity index is 2.36. The number of sulfonamides is 1. The molecule has 2 aromatic rings. The highest BCUT2D eigenvalue weighted by Crippen LogP contribution is 2.24. The van der Waals surface area contributed by atoms with Gasteiger partial charge in [-0.2, -0.15) is 0 Å². The zero-order valence-electron chi connectivity index (χ0n) is 16.0. The lowest BCUT2D eigenvalue weighted by atomic mass is 10.0. The van der Waals surface area contributed by atoms with E-state index in [1.54, 1.807) is 25.1 Å². The molecular formula is C20H27FN2O2S. The lowest BCUT2D eigenvalue weighted by Gasteiger charge is -2.22. The Morgan fingerprint density at radius 3 is 2.15 bits per heavy atom. The number of hydrogen-bond donors (Lipinski definition) is 1. The minimum Gasteiger partial charge on any atom is -0.309 e. The predicted octanol–water partition coefficient (Wildman–Crippen LogP) is 3.72. The summed E-state index contributed by atoms with van der Waals surface area (Å²) in [5.41, 5.74) is 3.45. The molecule has 0 aliphatic carbocycles. The molecule has 142 valence electrons. The van der Waals surface area contributed by atoms with Gasteiger partial charge < -0.3 is 4.90 Å². The van der Waals surface area contributed by atoms with Crippen LogP contribution in [-0.2, 0) is 10.0 Å². The molecule has 0 bridgehead atoms. The normalized spacial score (nSPS) is 13.2. The van der Waals surface area contributed by atoms with Gasteiger partial charge in [0.15, 0.2) is 0 Å². The number of hydrogen-bond acceptors (Lipinski definition) is 3. The summed E-state index contributed by atoms with van der Waals surface area (Å²) in [7, 11) is 0.171. The van der Waals surface area contributed by atoms with Crippen LogP contribution >= 0.6 is 0 Å². The van der Waals surface area contributed by atoms with Gasteiger partial charge in [0.1, 0.15) is 5.82 Å². The molecule has 0 saturated heterocycles. The molecule has 0 saturated carbocycles. The lowest BCUT2D eigenvalue weighted by molar-refractivity contribution is 0.375. The summed E-state index contributed by atoms with van der Waals surface area (Å²) in [5.74, 6) is -0.340. The minimum absolute atomic E-state index is 0.289. The first-order valence-electron chi connectivity index (χ1n) is 8.60. The summed E-state index contributed by atoms with van der Waals surface area (Å²) >= 11 is 0. The van der Waals surface area contributed by atoms with Crippen molar-refractivity contribution in [3.05, 3.63) is 64.5 Å². The Kier molecular flexibility index (Phi) is 6.55. The van der Waals surface area contributed by atoms with Gasteiger partial charge in [0.05, 0.1) is 4.90 Å². The van der Waals surface area contributed by atoms with Crippen molar-refractivity contribution in [2.24, 2.45) is 0 Å². The quantitative estimate of drug-likeness (QED) is 0.799. The summed E-state index contributed by atoms with van der Waals surface area (Å²) < 4.78 is 42.1. The average Bonchev–Trinajstić information content (AvgIpc) is 2.55. The van der Waals surface area contributed by atoms with E-state index in [9.17, 15) is 12.8 Å². The standard InChI is InChI=1S/C20H27FN2O2S/c1-14-12-16(3)20(13-15(14)2)26(24,25)22-19(10-11-23(4)5)17-6-8-18(21)9-7-17/h6-9,12-13,19,22H,10-11H2,1-5H3. The van der Waals surface area contributed by atoms with Gasteiger partial charge in [-0.3, -0.25) is 0 Å². The van der Waals surface area contributed by atoms with E-state index in [0.29, 0.717) is 18.5 Å². The van der Waals surface area contributed by atoms with Crippen LogP contribution in [0.3, 0.4) is 0 Å². The molecule has 0 radical (unpaired) electrons. The molecule has 2 rings (SSSR count). The first-order chi connectivity index (χ1) is 12.1. The van der Waals surface area contributed by atoms with E-state index in [1.165, 1.54) is 12.1 Å². The minimum atomic E-state index is -3.70. The SMILES string of the molecule is Cc1cc(C)c(S(=O)(=O)NC(CCN(C)C)c2ccc(F)cc2)cc1C. The molecule has 1 atom stereocenters. The predicted molar refractivity (Wildman–Crippen MR) is 103 cm³/mol. The van der Waals surface area contributed by atoms with E-state index in [1.807, 2.05) is 38.9 Å². The van der Waals surface area contributed by atoms with Gasteiger partial charge in [-0.05, 0) is 88.3 Å². The van der Waals surface area contributed by atoms with E-state index in [4.69, 9.17) is 0 Å². The fourth-order valence-corrected chi connectivity index (χ4v) is 4.42. The highest BCUT2D eigenvalue weighted by atomic mass is 32.2. The number of rotatable bonds is 7. The Hall–Kier alpha value is -1.76. The third-order valence-corrected chi connectivity index (χ3v) is 6.13. The fourth-order valence-electron chi connectivity index (χ4n) is 2.85. The van der Waals surface area contributed by atoms with E-state index in [-0.39, 0.29) is 10.7 Å². The van der Waals surface area contributed by atoms with Crippen molar-refractivity contribution in [1.29, 1.82) is 0 Å². The van der Waals surface area contributed by atoms with Crippen molar-refractivity contribution >= 4 is 10.0 Å². The second-order valence-electron chi connectivity index (χ2n) is 7.02. The summed E-state index contributed by atoms with van der Waals surface area (Å²) in [4.78, 5) is 2.28. The van der Waals surface area contributed by atoms with Crippen molar-refractivity contribution in [3.8, 4) is 0 Å². The molecule has 1 N–H and O–H groups in total. The lowest BCUT2D eigenvalue weighted by Crippen LogP contribution is -2.31. The van der Waals surface area contributed by atoms with E-state index >= 15 is 0 Å². The average molecular weight is 379 g/mol. The maximum absolute atomic E-state index is 13.3. The summed E-state index contributed by atoms with van der Waals surface area (Å²) in [5, 5.41) is 0. The van der Waals surface area contributed by atoms with Crippen LogP contribution in [-0.4, -0.2) is 34.0 Å². The third kappa shape index (κ3) is 5.13. The van der Waals surface area contributed by atoms with Crippen LogP contribution < -0.4 is 4.72 Å². The number of halogens is 1. The highest BCUT2D eigenvalue weighted by molar-refractivity contribution is 7.89. The molecule has 0 fully saturated rings. The van der Waals surface area contributed by atoms with Crippen LogP contribution in [0.15, 0.2) is 41.3 Å². The molecule has 0 aromatic heterocycles. The van der Waals surface area contributed by atoms with Crippen molar-refractivity contribution in [2.75, 3.05) is 20.6 Å². The monoisotopic (exact) mass is 378 g/mol. The number of benzene rings is 2. The van der Waals surface area contributed by atoms with Crippen LogP contribution in [0.25, 0.3) is 0 Å². The van der Waals surface area contributed by atoms with E-state index in [2.05, 4.69) is 4.72 Å². The molecule has 0 aliphatic heterocycles. The van der Waals surface area contributed by atoms with Crippen LogP contribution in [0.2, 0.25) is 0 Å². The Labute approximate surface area is 156 Å². The summed E-state index contributed by atoms with van der Waals surface area (Å²) in [6, 6.07) is 9.14. The molecule has 6 heteroatoms. The molecule has 1 unspecified atom stereocenters. The van der Waals surface area contributed by atoms with Crippen molar-refractivity contribution in [2.45, 2.75) is 38.1 Å². The topological polar surface area (TPSA) is 49.4 Å². The van der Waals surface area contributed by atoms with Crippen LogP contribution in [0.1, 0.15) is 34.7 Å². The first kappa shape index (κ1) is 20.6. The maximum atomic E-state index is 13.3. The van der Waals surface area contributed by atoms with Crippen LogP contribution in [0, 0.1) is 26.6 Å². The van der Waals surface area contributed by atoms with Gasteiger partial charge in [0, 0.05) is 6.04 Å². The molecule has 4 nitrogen and oxygen atoms in total. The van der Waals surface area contributed by atoms with Gasteiger partial charge in [0.2, 0.25) is 10.0 Å². The fraction of sp³-hybridized carbons (Fsp3) is 0.400. The number of aryl methyl sites for hydroxylation is 3. The van der Waals surface area contributed by atoms with E-state index < -0.39 is 16.1 Å². The van der Waals surface area contributed by atoms with Gasteiger partial charge >= 0.3 is 0 Å². The first-order valence-corrected chi connectivity index (χ1v) is 10.1. The zero-order chi connectivity index (χ0) is 19.5. The largest absolute Gasteiger partial charge is 0.309 e. The van der Waals surface area contributed by atoms with Crippen LogP contribution in [0.4, 0.5) is 4.39 Å². The van der Waals surface area contributed by atoms with Gasteiger partial charge in [0.25, 0.3) is 0 Å². The van der Waals surface area contributed by atoms with Crippen molar-refractivity contribution < 1.29 is 12.8 Å². The molecule has 0 heterocycles. The Morgan fingerprint density at radius 2 is 1.58 bits per heavy atom. The Bertz CT molecular complexity index is 862. The van der Waals surface area contributed by atoms with Gasteiger partial charge in [-0.15, -0.1) is 0 Å². The van der Waals surface area contributed by atoms with Gasteiger partial charge in [-0.25, -0.2) is 17.5 Å². The van der Waals surface area contributed by atoms with Crippen LogP contribution in [0.5, 0.6) is 0 Å². The smallest absolute Gasteiger partial charge is 0.241 e. The highest BCUT2D eigenvalue weighted by Gasteiger charge is 2.23. The Morgan fingerprint density at radius 1 is 1.00 bits per heavy atom. The maximum Gasteiger partial charge on any atom is 0.241 e. The molecule has 2 aromatic carbocycles. The summed E-state index contributed by atoms with van der Waals surface area (Å²) in [6.45, 7) is 6.37. The van der Waals surface area contributed by atoms with Crippen molar-refractivity contribution in [3.63, 3.8) is 0 Å². The summed E-state index contributed by atoms with van der Waals surface area (Å²) in [6.07, 6.45) is 0.585. The zero-order valence-corrected chi connectivity index (χ0v) is 16.8. The number of nitrogens with zero attached hydrogens (tertiary/aromatic N) is 1. The number of nitrogens with one attached hydrogen (secondary N) is 1. The molecule has 0 aliphatic rings. The molecular weight excluding hydrogens is 351 g/mol. The van der Waals surface area contributed by atoms with Gasteiger partial charge in [-0.1, -0.05) is 18.2 Å². The van der Waals surface area contributed by atoms with E-state index in [0.717, 1.165) is 16.7 Å². The molecule has 0 spiro atoms. The van der Waals surface area contributed by atoms with Crippen molar-refractivity contribution in [1.82, 2.24) is 9.62 Å². The third-order valence-electron chi connectivity index (χ3n) is 4.52. The second kappa shape index (κ2) is 8.29.